The van der Waals surface area contributed by atoms with Crippen molar-refractivity contribution in [2.45, 2.75) is 12.3 Å². The summed E-state index contributed by atoms with van der Waals surface area (Å²) in [5.41, 5.74) is 1.01. The van der Waals surface area contributed by atoms with Gasteiger partial charge >= 0.3 is 0 Å². The minimum atomic E-state index is -0.669. The zero-order chi connectivity index (χ0) is 16.1. The molecule has 0 saturated carbocycles. The topological polar surface area (TPSA) is 35.5 Å². The van der Waals surface area contributed by atoms with Gasteiger partial charge in [0.15, 0.2) is 0 Å². The van der Waals surface area contributed by atoms with Crippen molar-refractivity contribution >= 4 is 6.29 Å². The molecule has 3 nitrogen and oxygen atoms in total. The van der Waals surface area contributed by atoms with E-state index in [1.54, 1.807) is 18.2 Å². The lowest BCUT2D eigenvalue weighted by atomic mass is 9.92. The fourth-order valence-corrected chi connectivity index (χ4v) is 2.34. The van der Waals surface area contributed by atoms with Crippen molar-refractivity contribution in [3.63, 3.8) is 0 Å². The van der Waals surface area contributed by atoms with Gasteiger partial charge in [-0.2, -0.15) is 0 Å². The van der Waals surface area contributed by atoms with Crippen LogP contribution in [0.4, 0.5) is 8.78 Å². The zero-order valence-corrected chi connectivity index (χ0v) is 12.3. The molecule has 0 amide bonds. The predicted octanol–water partition coefficient (Wildman–Crippen LogP) is 3.51. The second kappa shape index (κ2) is 7.02. The van der Waals surface area contributed by atoms with Gasteiger partial charge in [0.05, 0.1) is 14.2 Å². The van der Waals surface area contributed by atoms with E-state index in [9.17, 15) is 13.6 Å². The summed E-state index contributed by atoms with van der Waals surface area (Å²) < 4.78 is 36.9. The lowest BCUT2D eigenvalue weighted by Crippen LogP contribution is -2.07. The molecule has 1 atom stereocenters. The van der Waals surface area contributed by atoms with Crippen LogP contribution in [0.15, 0.2) is 36.4 Å². The van der Waals surface area contributed by atoms with E-state index in [-0.39, 0.29) is 6.42 Å². The average molecular weight is 306 g/mol. The van der Waals surface area contributed by atoms with Gasteiger partial charge in [-0.15, -0.1) is 0 Å². The number of halogens is 2. The van der Waals surface area contributed by atoms with Gasteiger partial charge in [-0.05, 0) is 42.3 Å². The third-order valence-electron chi connectivity index (χ3n) is 3.38. The molecule has 0 aliphatic rings. The highest BCUT2D eigenvalue weighted by molar-refractivity contribution is 5.66. The Morgan fingerprint density at radius 2 is 1.73 bits per heavy atom. The highest BCUT2D eigenvalue weighted by Gasteiger charge is 2.18. The SMILES string of the molecule is COc1ccc(OC)c(C(C=O)Cc2cc(F)cc(F)c2)c1. The van der Waals surface area contributed by atoms with Crippen LogP contribution < -0.4 is 9.47 Å². The molecule has 0 N–H and O–H groups in total. The minimum absolute atomic E-state index is 0.168. The van der Waals surface area contributed by atoms with Crippen LogP contribution in [-0.2, 0) is 11.2 Å². The van der Waals surface area contributed by atoms with E-state index in [0.717, 1.165) is 12.4 Å². The molecule has 0 fully saturated rings. The van der Waals surface area contributed by atoms with Crippen LogP contribution in [0.1, 0.15) is 17.0 Å². The van der Waals surface area contributed by atoms with Crippen molar-refractivity contribution in [2.24, 2.45) is 0 Å². The Morgan fingerprint density at radius 1 is 1.05 bits per heavy atom. The summed E-state index contributed by atoms with van der Waals surface area (Å²) in [6, 6.07) is 8.32. The first-order chi connectivity index (χ1) is 10.6. The fraction of sp³-hybridized carbons (Fsp3) is 0.235. The minimum Gasteiger partial charge on any atom is -0.497 e. The summed E-state index contributed by atoms with van der Waals surface area (Å²) in [7, 11) is 3.01. The Kier molecular flexibility index (Phi) is 5.09. The first-order valence-corrected chi connectivity index (χ1v) is 6.69. The van der Waals surface area contributed by atoms with E-state index in [1.807, 2.05) is 0 Å². The number of ether oxygens (including phenoxy) is 2. The number of benzene rings is 2. The van der Waals surface area contributed by atoms with Crippen LogP contribution in [0.5, 0.6) is 11.5 Å². The van der Waals surface area contributed by atoms with Crippen molar-refractivity contribution in [1.82, 2.24) is 0 Å². The van der Waals surface area contributed by atoms with Crippen LogP contribution in [0.2, 0.25) is 0 Å². The van der Waals surface area contributed by atoms with E-state index in [1.165, 1.54) is 26.4 Å². The van der Waals surface area contributed by atoms with E-state index in [4.69, 9.17) is 9.47 Å². The highest BCUT2D eigenvalue weighted by Crippen LogP contribution is 2.31. The van der Waals surface area contributed by atoms with E-state index >= 15 is 0 Å². The van der Waals surface area contributed by atoms with E-state index < -0.39 is 17.6 Å². The molecule has 0 bridgehead atoms. The zero-order valence-electron chi connectivity index (χ0n) is 12.3. The molecule has 1 unspecified atom stereocenters. The molecular weight excluding hydrogens is 290 g/mol. The Morgan fingerprint density at radius 3 is 2.27 bits per heavy atom. The molecule has 0 saturated heterocycles. The van der Waals surface area contributed by atoms with Gasteiger partial charge in [-0.1, -0.05) is 0 Å². The van der Waals surface area contributed by atoms with Gasteiger partial charge in [0, 0.05) is 17.5 Å². The summed E-state index contributed by atoms with van der Waals surface area (Å²) in [6.45, 7) is 0. The maximum atomic E-state index is 13.3. The molecule has 0 spiro atoms. The third kappa shape index (κ3) is 3.61. The van der Waals surface area contributed by atoms with Crippen molar-refractivity contribution in [1.29, 1.82) is 0 Å². The summed E-state index contributed by atoms with van der Waals surface area (Å²) in [4.78, 5) is 11.5. The molecule has 0 heterocycles. The van der Waals surface area contributed by atoms with Gasteiger partial charge in [0.2, 0.25) is 0 Å². The Labute approximate surface area is 127 Å². The maximum Gasteiger partial charge on any atom is 0.127 e. The molecule has 0 aliphatic heterocycles. The quantitative estimate of drug-likeness (QED) is 0.766. The first-order valence-electron chi connectivity index (χ1n) is 6.69. The number of carbonyl (C=O) groups excluding carboxylic acids is 1. The molecule has 0 aliphatic carbocycles. The van der Waals surface area contributed by atoms with Crippen LogP contribution in [0, 0.1) is 11.6 Å². The molecule has 22 heavy (non-hydrogen) atoms. The van der Waals surface area contributed by atoms with Crippen molar-refractivity contribution in [2.75, 3.05) is 14.2 Å². The number of aldehydes is 1. The summed E-state index contributed by atoms with van der Waals surface area (Å²) >= 11 is 0. The Hall–Kier alpha value is -2.43. The number of carbonyl (C=O) groups is 1. The number of hydrogen-bond donors (Lipinski definition) is 0. The molecule has 5 heteroatoms. The number of rotatable bonds is 6. The Balaban J connectivity index is 2.37. The predicted molar refractivity (Wildman–Crippen MR) is 78.4 cm³/mol. The van der Waals surface area contributed by atoms with Gasteiger partial charge in [0.25, 0.3) is 0 Å². The Bertz CT molecular complexity index is 651. The van der Waals surface area contributed by atoms with Crippen molar-refractivity contribution in [3.8, 4) is 11.5 Å². The largest absolute Gasteiger partial charge is 0.497 e. The van der Waals surface area contributed by atoms with Gasteiger partial charge in [-0.3, -0.25) is 0 Å². The molecule has 2 aromatic carbocycles. The van der Waals surface area contributed by atoms with Crippen LogP contribution in [-0.4, -0.2) is 20.5 Å². The van der Waals surface area contributed by atoms with Gasteiger partial charge in [-0.25, -0.2) is 8.78 Å². The first kappa shape index (κ1) is 15.9. The second-order valence-electron chi connectivity index (χ2n) is 4.83. The number of methoxy groups -OCH3 is 2. The van der Waals surface area contributed by atoms with Crippen molar-refractivity contribution < 1.29 is 23.0 Å². The molecule has 0 aromatic heterocycles. The summed E-state index contributed by atoms with van der Waals surface area (Å²) in [6.07, 6.45) is 0.905. The molecule has 0 radical (unpaired) electrons. The maximum absolute atomic E-state index is 13.3. The standard InChI is InChI=1S/C17H16F2O3/c1-21-15-3-4-17(22-2)16(9-15)12(10-20)5-11-6-13(18)8-14(19)7-11/h3-4,6-10,12H,5H2,1-2H3. The van der Waals surface area contributed by atoms with Crippen LogP contribution in [0.3, 0.4) is 0 Å². The fourth-order valence-electron chi connectivity index (χ4n) is 2.34. The van der Waals surface area contributed by atoms with E-state index in [0.29, 0.717) is 22.6 Å². The smallest absolute Gasteiger partial charge is 0.127 e. The summed E-state index contributed by atoms with van der Waals surface area (Å²) in [5, 5.41) is 0. The normalized spacial score (nSPS) is 11.8. The van der Waals surface area contributed by atoms with E-state index in [2.05, 4.69) is 0 Å². The molecular formula is C17H16F2O3. The summed E-state index contributed by atoms with van der Waals surface area (Å²) in [5.74, 6) is -0.830. The molecule has 2 aromatic rings. The third-order valence-corrected chi connectivity index (χ3v) is 3.38. The lowest BCUT2D eigenvalue weighted by molar-refractivity contribution is -0.109. The van der Waals surface area contributed by atoms with Gasteiger partial charge in [0.1, 0.15) is 29.4 Å². The van der Waals surface area contributed by atoms with Crippen LogP contribution >= 0.6 is 0 Å². The average Bonchev–Trinajstić information content (AvgIpc) is 2.51. The van der Waals surface area contributed by atoms with Crippen LogP contribution in [0.25, 0.3) is 0 Å². The monoisotopic (exact) mass is 306 g/mol. The second-order valence-corrected chi connectivity index (χ2v) is 4.83. The van der Waals surface area contributed by atoms with Gasteiger partial charge < -0.3 is 14.3 Å². The van der Waals surface area contributed by atoms with Crippen molar-refractivity contribution in [3.05, 3.63) is 59.2 Å². The molecule has 116 valence electrons. The lowest BCUT2D eigenvalue weighted by Gasteiger charge is -2.16. The number of hydrogen-bond acceptors (Lipinski definition) is 3. The highest BCUT2D eigenvalue weighted by atomic mass is 19.1. The molecule has 2 rings (SSSR count).